The van der Waals surface area contributed by atoms with Crippen LogP contribution in [0.1, 0.15) is 5.56 Å². The number of rotatable bonds is 7. The number of hydrogen-bond acceptors (Lipinski definition) is 5. The smallest absolute Gasteiger partial charge is 0.259 e. The van der Waals surface area contributed by atoms with Crippen molar-refractivity contribution < 1.29 is 14.3 Å². The summed E-state index contributed by atoms with van der Waals surface area (Å²) in [5.41, 5.74) is 4.05. The molecule has 0 aromatic heterocycles. The number of nitrogens with zero attached hydrogens (tertiary/aromatic N) is 1. The minimum Gasteiger partial charge on any atom is -0.496 e. The van der Waals surface area contributed by atoms with Crippen molar-refractivity contribution in [2.24, 2.45) is 5.10 Å². The lowest BCUT2D eigenvalue weighted by molar-refractivity contribution is -0.119. The van der Waals surface area contributed by atoms with Gasteiger partial charge in [0.2, 0.25) is 0 Å². The van der Waals surface area contributed by atoms with Gasteiger partial charge in [0.25, 0.3) is 5.91 Å². The Balaban J connectivity index is 1.85. The molecule has 0 aliphatic rings. The number of halogens is 1. The molecule has 0 heterocycles. The summed E-state index contributed by atoms with van der Waals surface area (Å²) in [6, 6.07) is 12.9. The molecule has 0 atom stereocenters. The molecule has 0 saturated carbocycles. The number of methoxy groups -OCH3 is 2. The molecule has 0 spiro atoms. The molecule has 2 aromatic carbocycles. The van der Waals surface area contributed by atoms with Crippen LogP contribution in [0.25, 0.3) is 0 Å². The summed E-state index contributed by atoms with van der Waals surface area (Å²) in [7, 11) is 3.18. The maximum absolute atomic E-state index is 11.8. The number of para-hydroxylation sites is 2. The van der Waals surface area contributed by atoms with Gasteiger partial charge in [-0.25, -0.2) is 5.43 Å². The highest BCUT2D eigenvalue weighted by Gasteiger charge is 2.04. The summed E-state index contributed by atoms with van der Waals surface area (Å²) in [6.45, 7) is 0.0873. The average Bonchev–Trinajstić information content (AvgIpc) is 2.60. The van der Waals surface area contributed by atoms with Crippen molar-refractivity contribution in [1.82, 2.24) is 5.43 Å². The second-order valence-electron chi connectivity index (χ2n) is 4.74. The standard InChI is InChI=1S/C17H18BrN3O3/c1-23-15-8-7-12(9-13(15)18)10-20-21-17(22)11-19-14-5-3-4-6-16(14)24-2/h3-10,19H,11H2,1-2H3,(H,21,22)/b20-10-. The van der Waals surface area contributed by atoms with E-state index in [4.69, 9.17) is 9.47 Å². The van der Waals surface area contributed by atoms with E-state index in [0.717, 1.165) is 21.5 Å². The molecule has 6 nitrogen and oxygen atoms in total. The molecular weight excluding hydrogens is 374 g/mol. The molecule has 2 rings (SSSR count). The molecule has 0 bridgehead atoms. The molecule has 2 N–H and O–H groups in total. The van der Waals surface area contributed by atoms with Crippen LogP contribution >= 0.6 is 15.9 Å². The van der Waals surface area contributed by atoms with Crippen molar-refractivity contribution in [3.05, 3.63) is 52.5 Å². The van der Waals surface area contributed by atoms with Crippen molar-refractivity contribution >= 4 is 33.7 Å². The topological polar surface area (TPSA) is 72.0 Å². The van der Waals surface area contributed by atoms with Gasteiger partial charge in [-0.3, -0.25) is 4.79 Å². The zero-order valence-corrected chi connectivity index (χ0v) is 15.0. The number of hydrogen-bond donors (Lipinski definition) is 2. The zero-order valence-electron chi connectivity index (χ0n) is 13.4. The minimum atomic E-state index is -0.260. The maximum Gasteiger partial charge on any atom is 0.259 e. The highest BCUT2D eigenvalue weighted by atomic mass is 79.9. The molecule has 0 saturated heterocycles. The third kappa shape index (κ3) is 4.99. The zero-order chi connectivity index (χ0) is 17.4. The first-order valence-electron chi connectivity index (χ1n) is 7.16. The molecule has 1 amide bonds. The van der Waals surface area contributed by atoms with Crippen LogP contribution in [-0.4, -0.2) is 32.9 Å². The van der Waals surface area contributed by atoms with Gasteiger partial charge in [0, 0.05) is 0 Å². The molecule has 0 radical (unpaired) electrons. The summed E-state index contributed by atoms with van der Waals surface area (Å²) >= 11 is 3.40. The maximum atomic E-state index is 11.8. The number of hydrazone groups is 1. The Morgan fingerprint density at radius 2 is 1.92 bits per heavy atom. The van der Waals surface area contributed by atoms with Crippen LogP contribution in [0.3, 0.4) is 0 Å². The second kappa shape index (κ2) is 8.93. The van der Waals surface area contributed by atoms with Crippen LogP contribution in [0.5, 0.6) is 11.5 Å². The Bertz CT molecular complexity index is 735. The highest BCUT2D eigenvalue weighted by molar-refractivity contribution is 9.10. The quantitative estimate of drug-likeness (QED) is 0.561. The Morgan fingerprint density at radius 1 is 1.17 bits per heavy atom. The number of amides is 1. The van der Waals surface area contributed by atoms with Gasteiger partial charge >= 0.3 is 0 Å². The fourth-order valence-corrected chi connectivity index (χ4v) is 2.51. The van der Waals surface area contributed by atoms with Gasteiger partial charge in [0.15, 0.2) is 0 Å². The largest absolute Gasteiger partial charge is 0.496 e. The monoisotopic (exact) mass is 391 g/mol. The first-order chi connectivity index (χ1) is 11.6. The van der Waals surface area contributed by atoms with Crippen molar-refractivity contribution in [1.29, 1.82) is 0 Å². The highest BCUT2D eigenvalue weighted by Crippen LogP contribution is 2.25. The van der Waals surface area contributed by atoms with Crippen LogP contribution in [0.15, 0.2) is 52.0 Å². The Labute approximate surface area is 149 Å². The third-order valence-corrected chi connectivity index (χ3v) is 3.74. The van der Waals surface area contributed by atoms with E-state index < -0.39 is 0 Å². The molecule has 0 unspecified atom stereocenters. The molecule has 126 valence electrons. The van der Waals surface area contributed by atoms with Crippen LogP contribution in [-0.2, 0) is 4.79 Å². The fraction of sp³-hybridized carbons (Fsp3) is 0.176. The van der Waals surface area contributed by atoms with Gasteiger partial charge in [-0.2, -0.15) is 5.10 Å². The molecule has 7 heteroatoms. The van der Waals surface area contributed by atoms with Gasteiger partial charge in [-0.15, -0.1) is 0 Å². The molecule has 2 aromatic rings. The number of benzene rings is 2. The summed E-state index contributed by atoms with van der Waals surface area (Å²) in [4.78, 5) is 11.8. The van der Waals surface area contributed by atoms with Crippen molar-refractivity contribution in [3.8, 4) is 11.5 Å². The van der Waals surface area contributed by atoms with E-state index in [-0.39, 0.29) is 12.5 Å². The lowest BCUT2D eigenvalue weighted by Crippen LogP contribution is -2.26. The van der Waals surface area contributed by atoms with Crippen LogP contribution in [0.2, 0.25) is 0 Å². The molecule has 0 aliphatic carbocycles. The summed E-state index contributed by atoms with van der Waals surface area (Å²) < 4.78 is 11.2. The van der Waals surface area contributed by atoms with E-state index in [1.165, 1.54) is 0 Å². The SMILES string of the molecule is COc1ccc(/C=N\NC(=O)CNc2ccccc2OC)cc1Br. The van der Waals surface area contributed by atoms with Gasteiger partial charge < -0.3 is 14.8 Å². The number of nitrogens with one attached hydrogen (secondary N) is 2. The van der Waals surface area contributed by atoms with Gasteiger partial charge in [-0.1, -0.05) is 12.1 Å². The minimum absolute atomic E-state index is 0.0873. The average molecular weight is 392 g/mol. The Hall–Kier alpha value is -2.54. The molecule has 0 fully saturated rings. The molecule has 0 aliphatic heterocycles. The van der Waals surface area contributed by atoms with E-state index >= 15 is 0 Å². The van der Waals surface area contributed by atoms with E-state index in [2.05, 4.69) is 31.8 Å². The van der Waals surface area contributed by atoms with Crippen molar-refractivity contribution in [2.45, 2.75) is 0 Å². The third-order valence-electron chi connectivity index (χ3n) is 3.13. The predicted molar refractivity (Wildman–Crippen MR) is 97.9 cm³/mol. The number of carbonyl (C=O) groups excluding carboxylic acids is 1. The van der Waals surface area contributed by atoms with Crippen molar-refractivity contribution in [2.75, 3.05) is 26.1 Å². The lowest BCUT2D eigenvalue weighted by atomic mass is 10.2. The van der Waals surface area contributed by atoms with Gasteiger partial charge in [0.05, 0.1) is 37.1 Å². The Morgan fingerprint density at radius 3 is 2.62 bits per heavy atom. The first-order valence-corrected chi connectivity index (χ1v) is 7.95. The van der Waals surface area contributed by atoms with E-state index in [1.54, 1.807) is 20.4 Å². The Kier molecular flexibility index (Phi) is 6.62. The van der Waals surface area contributed by atoms with Crippen LogP contribution < -0.4 is 20.2 Å². The molecular formula is C17H18BrN3O3. The van der Waals surface area contributed by atoms with Crippen molar-refractivity contribution in [3.63, 3.8) is 0 Å². The second-order valence-corrected chi connectivity index (χ2v) is 5.60. The summed E-state index contributed by atoms with van der Waals surface area (Å²) in [6.07, 6.45) is 1.56. The van der Waals surface area contributed by atoms with Crippen LogP contribution in [0.4, 0.5) is 5.69 Å². The predicted octanol–water partition coefficient (Wildman–Crippen LogP) is 3.03. The summed E-state index contributed by atoms with van der Waals surface area (Å²) in [5, 5.41) is 6.94. The molecule has 24 heavy (non-hydrogen) atoms. The van der Waals surface area contributed by atoms with Gasteiger partial charge in [0.1, 0.15) is 11.5 Å². The number of anilines is 1. The van der Waals surface area contributed by atoms with E-state index in [1.807, 2.05) is 42.5 Å². The van der Waals surface area contributed by atoms with E-state index in [9.17, 15) is 4.79 Å². The van der Waals surface area contributed by atoms with Gasteiger partial charge in [-0.05, 0) is 51.8 Å². The lowest BCUT2D eigenvalue weighted by Gasteiger charge is -2.09. The number of ether oxygens (including phenoxy) is 2. The fourth-order valence-electron chi connectivity index (χ4n) is 1.95. The van der Waals surface area contributed by atoms with Crippen LogP contribution in [0, 0.1) is 0 Å². The summed E-state index contributed by atoms with van der Waals surface area (Å²) in [5.74, 6) is 1.15. The normalized spacial score (nSPS) is 10.5. The first kappa shape index (κ1) is 17.8. The van der Waals surface area contributed by atoms with E-state index in [0.29, 0.717) is 5.75 Å². The number of carbonyl (C=O) groups is 1.